The Morgan fingerprint density at radius 1 is 0.970 bits per heavy atom. The van der Waals surface area contributed by atoms with E-state index in [1.165, 1.54) is 16.3 Å². The fraction of sp³-hybridized carbons (Fsp3) is 0.259. The Morgan fingerprint density at radius 2 is 1.70 bits per heavy atom. The fourth-order valence-electron chi connectivity index (χ4n) is 4.03. The van der Waals surface area contributed by atoms with Gasteiger partial charge in [0.05, 0.1) is 12.5 Å². The Hall–Kier alpha value is -3.82. The monoisotopic (exact) mass is 439 g/mol. The van der Waals surface area contributed by atoms with Crippen molar-refractivity contribution in [3.8, 4) is 6.07 Å². The summed E-state index contributed by atoms with van der Waals surface area (Å²) in [5.41, 5.74) is 3.75. The van der Waals surface area contributed by atoms with Gasteiger partial charge in [-0.25, -0.2) is 4.98 Å². The number of oxazole rings is 1. The van der Waals surface area contributed by atoms with Crippen LogP contribution in [0, 0.1) is 11.3 Å². The molecule has 0 radical (unpaired) electrons. The van der Waals surface area contributed by atoms with Crippen LogP contribution in [0.2, 0.25) is 0 Å². The van der Waals surface area contributed by atoms with Gasteiger partial charge in [-0.1, -0.05) is 54.6 Å². The van der Waals surface area contributed by atoms with Crippen LogP contribution >= 0.6 is 0 Å². The van der Waals surface area contributed by atoms with Crippen LogP contribution in [0.15, 0.2) is 71.1 Å². The molecule has 0 aliphatic rings. The van der Waals surface area contributed by atoms with Crippen LogP contribution in [0.3, 0.4) is 0 Å². The second-order valence-electron chi connectivity index (χ2n) is 8.56. The minimum absolute atomic E-state index is 0.111. The van der Waals surface area contributed by atoms with Crippen molar-refractivity contribution in [1.29, 1.82) is 5.26 Å². The first kappa shape index (κ1) is 22.4. The number of nitrogens with one attached hydrogen (secondary N) is 1. The summed E-state index contributed by atoms with van der Waals surface area (Å²) in [4.78, 5) is 8.68. The normalized spacial score (nSPS) is 12.0. The van der Waals surface area contributed by atoms with Crippen LogP contribution in [0.5, 0.6) is 0 Å². The molecule has 4 aromatic rings. The third-order valence-electron chi connectivity index (χ3n) is 5.87. The zero-order valence-corrected chi connectivity index (χ0v) is 19.5. The van der Waals surface area contributed by atoms with E-state index in [2.05, 4.69) is 74.7 Å². The molecule has 1 aromatic heterocycles. The lowest BCUT2D eigenvalue weighted by molar-refractivity contribution is 0.310. The third-order valence-corrected chi connectivity index (χ3v) is 5.87. The van der Waals surface area contributed by atoms with Crippen molar-refractivity contribution in [1.82, 2.24) is 9.88 Å². The molecule has 1 atom stereocenters. The van der Waals surface area contributed by atoms with Gasteiger partial charge in [-0.2, -0.15) is 5.26 Å². The number of benzene rings is 3. The van der Waals surface area contributed by atoms with E-state index in [-0.39, 0.29) is 11.7 Å². The first-order chi connectivity index (χ1) is 16.0. The SMILES string of the molecule is CN(C)c1ccc([C@@H](CNc2oc(Cc3cccc4ccccc34)nc2C#N)N(C)C)cc1. The molecule has 0 amide bonds. The summed E-state index contributed by atoms with van der Waals surface area (Å²) in [5.74, 6) is 0.951. The zero-order chi connectivity index (χ0) is 23.4. The molecule has 1 N–H and O–H groups in total. The molecular weight excluding hydrogens is 410 g/mol. The van der Waals surface area contributed by atoms with Gasteiger partial charge in [-0.15, -0.1) is 0 Å². The number of hydrogen-bond donors (Lipinski definition) is 1. The van der Waals surface area contributed by atoms with Gasteiger partial charge in [-0.3, -0.25) is 0 Å². The molecule has 1 heterocycles. The maximum Gasteiger partial charge on any atom is 0.232 e. The maximum absolute atomic E-state index is 9.62. The van der Waals surface area contributed by atoms with Gasteiger partial charge >= 0.3 is 0 Å². The minimum Gasteiger partial charge on any atom is -0.423 e. The van der Waals surface area contributed by atoms with Crippen LogP contribution in [-0.2, 0) is 6.42 Å². The van der Waals surface area contributed by atoms with Crippen LogP contribution < -0.4 is 10.2 Å². The highest BCUT2D eigenvalue weighted by Gasteiger charge is 2.19. The van der Waals surface area contributed by atoms with E-state index in [0.29, 0.717) is 24.7 Å². The van der Waals surface area contributed by atoms with Crippen LogP contribution in [0.1, 0.15) is 28.8 Å². The third kappa shape index (κ3) is 5.00. The van der Waals surface area contributed by atoms with E-state index in [9.17, 15) is 5.26 Å². The molecule has 0 fully saturated rings. The Balaban J connectivity index is 1.52. The molecule has 6 heteroatoms. The van der Waals surface area contributed by atoms with Gasteiger partial charge in [0, 0.05) is 26.3 Å². The standard InChI is InChI=1S/C27H29N5O/c1-31(2)22-14-12-20(13-15-22)25(32(3)4)18-29-27-24(17-28)30-26(33-27)16-21-10-7-9-19-8-5-6-11-23(19)21/h5-15,25,29H,16,18H2,1-4H3/t25-/m1/s1. The molecule has 0 unspecified atom stereocenters. The molecular formula is C27H29N5O. The lowest BCUT2D eigenvalue weighted by atomic mass is 10.0. The fourth-order valence-corrected chi connectivity index (χ4v) is 4.03. The van der Waals surface area contributed by atoms with E-state index in [1.807, 2.05) is 46.4 Å². The van der Waals surface area contributed by atoms with Crippen molar-refractivity contribution in [3.05, 3.63) is 89.4 Å². The molecule has 0 spiro atoms. The number of aromatic nitrogens is 1. The average Bonchev–Trinajstić information content (AvgIpc) is 3.21. The predicted molar refractivity (Wildman–Crippen MR) is 134 cm³/mol. The lowest BCUT2D eigenvalue weighted by Gasteiger charge is -2.25. The highest BCUT2D eigenvalue weighted by atomic mass is 16.4. The van der Waals surface area contributed by atoms with E-state index >= 15 is 0 Å². The topological polar surface area (TPSA) is 68.3 Å². The maximum atomic E-state index is 9.62. The van der Waals surface area contributed by atoms with Crippen molar-refractivity contribution in [2.24, 2.45) is 0 Å². The highest BCUT2D eigenvalue weighted by molar-refractivity contribution is 5.85. The zero-order valence-electron chi connectivity index (χ0n) is 19.5. The van der Waals surface area contributed by atoms with Crippen LogP contribution in [-0.4, -0.2) is 44.6 Å². The van der Waals surface area contributed by atoms with E-state index in [0.717, 1.165) is 11.3 Å². The molecule has 0 saturated carbocycles. The molecule has 3 aromatic carbocycles. The number of likely N-dealkylation sites (N-methyl/N-ethyl adjacent to an activating group) is 1. The summed E-state index contributed by atoms with van der Waals surface area (Å²) in [5, 5.41) is 15.3. The smallest absolute Gasteiger partial charge is 0.232 e. The van der Waals surface area contributed by atoms with E-state index in [1.54, 1.807) is 0 Å². The molecule has 0 aliphatic heterocycles. The van der Waals surface area contributed by atoms with Crippen molar-refractivity contribution in [3.63, 3.8) is 0 Å². The Labute approximate surface area is 195 Å². The van der Waals surface area contributed by atoms with Gasteiger partial charge in [0.2, 0.25) is 17.5 Å². The summed E-state index contributed by atoms with van der Waals surface area (Å²) in [6.45, 7) is 0.589. The Kier molecular flexibility index (Phi) is 6.62. The largest absolute Gasteiger partial charge is 0.423 e. The Morgan fingerprint density at radius 3 is 2.39 bits per heavy atom. The lowest BCUT2D eigenvalue weighted by Crippen LogP contribution is -2.27. The molecule has 33 heavy (non-hydrogen) atoms. The summed E-state index contributed by atoms with van der Waals surface area (Å²) >= 11 is 0. The van der Waals surface area contributed by atoms with E-state index in [4.69, 9.17) is 4.42 Å². The van der Waals surface area contributed by atoms with Gasteiger partial charge in [0.15, 0.2) is 0 Å². The van der Waals surface area contributed by atoms with Crippen molar-refractivity contribution in [2.45, 2.75) is 12.5 Å². The van der Waals surface area contributed by atoms with Gasteiger partial charge in [0.25, 0.3) is 0 Å². The summed E-state index contributed by atoms with van der Waals surface area (Å²) < 4.78 is 6.01. The molecule has 0 aliphatic carbocycles. The second-order valence-corrected chi connectivity index (χ2v) is 8.56. The van der Waals surface area contributed by atoms with E-state index < -0.39 is 0 Å². The highest BCUT2D eigenvalue weighted by Crippen LogP contribution is 2.26. The number of nitrogens with zero attached hydrogens (tertiary/aromatic N) is 4. The molecule has 6 nitrogen and oxygen atoms in total. The van der Waals surface area contributed by atoms with Crippen molar-refractivity contribution in [2.75, 3.05) is 45.0 Å². The molecule has 168 valence electrons. The summed E-state index contributed by atoms with van der Waals surface area (Å²) in [7, 11) is 8.15. The second kappa shape index (κ2) is 9.76. The first-order valence-corrected chi connectivity index (χ1v) is 11.0. The average molecular weight is 440 g/mol. The summed E-state index contributed by atoms with van der Waals surface area (Å²) in [6, 6.07) is 25.2. The molecule has 0 bridgehead atoms. The first-order valence-electron chi connectivity index (χ1n) is 11.0. The number of fused-ring (bicyclic) bond motifs is 1. The molecule has 4 rings (SSSR count). The number of nitriles is 1. The van der Waals surface area contributed by atoms with Crippen LogP contribution in [0.25, 0.3) is 10.8 Å². The quantitative estimate of drug-likeness (QED) is 0.413. The van der Waals surface area contributed by atoms with Gasteiger partial charge in [0.1, 0.15) is 6.07 Å². The summed E-state index contributed by atoms with van der Waals surface area (Å²) in [6.07, 6.45) is 0.529. The van der Waals surface area contributed by atoms with Gasteiger partial charge < -0.3 is 19.5 Å². The van der Waals surface area contributed by atoms with Crippen molar-refractivity contribution < 1.29 is 4.42 Å². The molecule has 0 saturated heterocycles. The van der Waals surface area contributed by atoms with Gasteiger partial charge in [-0.05, 0) is 48.1 Å². The minimum atomic E-state index is 0.111. The van der Waals surface area contributed by atoms with Crippen molar-refractivity contribution >= 4 is 22.3 Å². The number of rotatable bonds is 8. The Bertz CT molecular complexity index is 1260. The number of hydrogen-bond acceptors (Lipinski definition) is 6. The predicted octanol–water partition coefficient (Wildman–Crippen LogP) is 5.07. The number of anilines is 2. The van der Waals surface area contributed by atoms with Crippen LogP contribution in [0.4, 0.5) is 11.6 Å².